The highest BCUT2D eigenvalue weighted by atomic mass is 127. The van der Waals surface area contributed by atoms with Crippen molar-refractivity contribution in [3.8, 4) is 0 Å². The van der Waals surface area contributed by atoms with Gasteiger partial charge in [0.25, 0.3) is 0 Å². The van der Waals surface area contributed by atoms with Gasteiger partial charge in [0.2, 0.25) is 5.91 Å². The van der Waals surface area contributed by atoms with Crippen LogP contribution in [0.5, 0.6) is 0 Å². The van der Waals surface area contributed by atoms with E-state index in [1.165, 1.54) is 0 Å². The highest BCUT2D eigenvalue weighted by Crippen LogP contribution is 2.50. The van der Waals surface area contributed by atoms with E-state index in [2.05, 4.69) is 11.9 Å². The minimum absolute atomic E-state index is 0.00828. The van der Waals surface area contributed by atoms with Gasteiger partial charge < -0.3 is 5.32 Å². The Labute approximate surface area is 163 Å². The SMILES string of the molecule is C=Cc1ccc(Cl)c2c1NC(=O)[C@@]2(I)CC(=O)c1ccc(Cl)cc1. The molecule has 0 aliphatic carbocycles. The first kappa shape index (κ1) is 17.5. The molecule has 0 radical (unpaired) electrons. The number of fused-ring (bicyclic) bond motifs is 1. The summed E-state index contributed by atoms with van der Waals surface area (Å²) in [5, 5.41) is 3.84. The standard InChI is InChI=1S/C18H12Cl2INO2/c1-2-10-5-8-13(20)15-16(10)22-17(24)18(15,21)9-14(23)11-3-6-12(19)7-4-11/h2-8H,1,9H2,(H,22,24)/t18-/m1/s1. The Morgan fingerprint density at radius 3 is 2.50 bits per heavy atom. The van der Waals surface area contributed by atoms with Crippen molar-refractivity contribution in [3.63, 3.8) is 0 Å². The molecule has 2 aromatic carbocycles. The summed E-state index contributed by atoms with van der Waals surface area (Å²) in [6.45, 7) is 3.75. The fourth-order valence-electron chi connectivity index (χ4n) is 2.74. The fraction of sp³-hybridized carbons (Fsp3) is 0.111. The van der Waals surface area contributed by atoms with Crippen LogP contribution >= 0.6 is 45.8 Å². The number of nitrogens with one attached hydrogen (secondary N) is 1. The maximum atomic E-state index is 12.6. The Hall–Kier alpha value is -1.37. The first-order chi connectivity index (χ1) is 11.4. The summed E-state index contributed by atoms with van der Waals surface area (Å²) in [6.07, 6.45) is 1.66. The van der Waals surface area contributed by atoms with E-state index in [-0.39, 0.29) is 18.1 Å². The number of ketones is 1. The number of carbonyl (C=O) groups is 2. The Morgan fingerprint density at radius 2 is 1.88 bits per heavy atom. The van der Waals surface area contributed by atoms with Crippen LogP contribution in [0.4, 0.5) is 5.69 Å². The van der Waals surface area contributed by atoms with Gasteiger partial charge in [-0.25, -0.2) is 0 Å². The Bertz CT molecular complexity index is 864. The summed E-state index contributed by atoms with van der Waals surface area (Å²) in [7, 11) is 0. The molecule has 1 N–H and O–H groups in total. The number of carbonyl (C=O) groups excluding carboxylic acids is 2. The molecular formula is C18H12Cl2INO2. The van der Waals surface area contributed by atoms with Crippen LogP contribution in [0, 0.1) is 0 Å². The van der Waals surface area contributed by atoms with E-state index in [1.54, 1.807) is 42.5 Å². The largest absolute Gasteiger partial charge is 0.324 e. The average Bonchev–Trinajstić information content (AvgIpc) is 2.80. The van der Waals surface area contributed by atoms with Crippen LogP contribution in [0.3, 0.4) is 0 Å². The van der Waals surface area contributed by atoms with Crippen molar-refractivity contribution in [1.29, 1.82) is 0 Å². The van der Waals surface area contributed by atoms with Crippen LogP contribution in [-0.2, 0) is 8.22 Å². The Morgan fingerprint density at radius 1 is 1.21 bits per heavy atom. The van der Waals surface area contributed by atoms with Gasteiger partial charge >= 0.3 is 0 Å². The van der Waals surface area contributed by atoms with Gasteiger partial charge in [0.1, 0.15) is 3.42 Å². The molecule has 0 saturated heterocycles. The molecule has 0 unspecified atom stereocenters. The molecule has 6 heteroatoms. The molecule has 0 fully saturated rings. The second-order valence-corrected chi connectivity index (χ2v) is 8.14. The monoisotopic (exact) mass is 471 g/mol. The lowest BCUT2D eigenvalue weighted by atomic mass is 9.91. The molecule has 2 aromatic rings. The minimum Gasteiger partial charge on any atom is -0.324 e. The van der Waals surface area contributed by atoms with E-state index in [9.17, 15) is 9.59 Å². The van der Waals surface area contributed by atoms with Gasteiger partial charge in [-0.2, -0.15) is 0 Å². The summed E-state index contributed by atoms with van der Waals surface area (Å²) in [5.41, 5.74) is 2.54. The summed E-state index contributed by atoms with van der Waals surface area (Å²) >= 11 is 14.2. The highest BCUT2D eigenvalue weighted by Gasteiger charge is 2.48. The lowest BCUT2D eigenvalue weighted by Gasteiger charge is -2.20. The molecule has 1 aliphatic rings. The zero-order valence-corrected chi connectivity index (χ0v) is 16.1. The number of amides is 1. The molecular weight excluding hydrogens is 460 g/mol. The van der Waals surface area contributed by atoms with Crippen molar-refractivity contribution >= 4 is 69.2 Å². The topological polar surface area (TPSA) is 46.2 Å². The van der Waals surface area contributed by atoms with E-state index in [0.29, 0.717) is 26.9 Å². The van der Waals surface area contributed by atoms with E-state index in [0.717, 1.165) is 5.56 Å². The first-order valence-corrected chi connectivity index (χ1v) is 8.95. The van der Waals surface area contributed by atoms with Crippen molar-refractivity contribution in [3.05, 3.63) is 69.7 Å². The maximum Gasteiger partial charge on any atom is 0.245 e. The molecule has 1 amide bonds. The quantitative estimate of drug-likeness (QED) is 0.364. The molecule has 0 saturated carbocycles. The van der Waals surface area contributed by atoms with Crippen molar-refractivity contribution in [2.75, 3.05) is 5.32 Å². The zero-order valence-electron chi connectivity index (χ0n) is 12.4. The molecule has 0 bridgehead atoms. The highest BCUT2D eigenvalue weighted by molar-refractivity contribution is 14.1. The summed E-state index contributed by atoms with van der Waals surface area (Å²) in [6, 6.07) is 10.1. The molecule has 3 nitrogen and oxygen atoms in total. The van der Waals surface area contributed by atoms with Crippen LogP contribution < -0.4 is 5.32 Å². The van der Waals surface area contributed by atoms with Crippen LogP contribution in [0.25, 0.3) is 6.08 Å². The van der Waals surface area contributed by atoms with E-state index < -0.39 is 3.42 Å². The van der Waals surface area contributed by atoms with Crippen LogP contribution in [0.15, 0.2) is 43.0 Å². The Kier molecular flexibility index (Phi) is 4.73. The predicted molar refractivity (Wildman–Crippen MR) is 106 cm³/mol. The second-order valence-electron chi connectivity index (χ2n) is 5.45. The molecule has 1 heterocycles. The lowest BCUT2D eigenvalue weighted by molar-refractivity contribution is -0.117. The number of benzene rings is 2. The van der Waals surface area contributed by atoms with Gasteiger partial charge in [-0.3, -0.25) is 9.59 Å². The van der Waals surface area contributed by atoms with Crippen LogP contribution in [-0.4, -0.2) is 11.7 Å². The molecule has 0 spiro atoms. The minimum atomic E-state index is -1.06. The van der Waals surface area contributed by atoms with Crippen molar-refractivity contribution in [2.24, 2.45) is 0 Å². The predicted octanol–water partition coefficient (Wildman–Crippen LogP) is 5.49. The van der Waals surface area contributed by atoms with Crippen molar-refractivity contribution < 1.29 is 9.59 Å². The number of rotatable bonds is 4. The molecule has 24 heavy (non-hydrogen) atoms. The average molecular weight is 472 g/mol. The molecule has 1 aliphatic heterocycles. The molecule has 1 atom stereocenters. The van der Waals surface area contributed by atoms with Crippen molar-refractivity contribution in [1.82, 2.24) is 0 Å². The Balaban J connectivity index is 2.02. The van der Waals surface area contributed by atoms with Crippen molar-refractivity contribution in [2.45, 2.75) is 9.84 Å². The molecule has 122 valence electrons. The van der Waals surface area contributed by atoms with Gasteiger partial charge in [-0.05, 0) is 35.9 Å². The number of anilines is 1. The first-order valence-electron chi connectivity index (χ1n) is 7.11. The van der Waals surface area contributed by atoms with E-state index >= 15 is 0 Å². The van der Waals surface area contributed by atoms with Gasteiger partial charge in [-0.1, -0.05) is 64.5 Å². The maximum absolute atomic E-state index is 12.6. The lowest BCUT2D eigenvalue weighted by Crippen LogP contribution is -2.30. The normalized spacial score (nSPS) is 18.9. The van der Waals surface area contributed by atoms with Gasteiger partial charge in [0.15, 0.2) is 5.78 Å². The van der Waals surface area contributed by atoms with Crippen LogP contribution in [0.1, 0.15) is 27.9 Å². The summed E-state index contributed by atoms with van der Waals surface area (Å²) in [4.78, 5) is 25.3. The third kappa shape index (κ3) is 2.87. The third-order valence-corrected chi connectivity index (χ3v) is 5.95. The second kappa shape index (κ2) is 6.50. The number of Topliss-reactive ketones (excluding diaryl/α,β-unsaturated/α-hetero) is 1. The zero-order chi connectivity index (χ0) is 17.5. The fourth-order valence-corrected chi connectivity index (χ4v) is 4.39. The van der Waals surface area contributed by atoms with Gasteiger partial charge in [0.05, 0.1) is 5.69 Å². The number of hydrogen-bond acceptors (Lipinski definition) is 2. The van der Waals surface area contributed by atoms with Gasteiger partial charge in [0, 0.05) is 27.6 Å². The summed E-state index contributed by atoms with van der Waals surface area (Å²) in [5.74, 6) is -0.402. The van der Waals surface area contributed by atoms with Crippen LogP contribution in [0.2, 0.25) is 10.0 Å². The number of hydrogen-bond donors (Lipinski definition) is 1. The van der Waals surface area contributed by atoms with Gasteiger partial charge in [-0.15, -0.1) is 0 Å². The van der Waals surface area contributed by atoms with E-state index in [4.69, 9.17) is 23.2 Å². The third-order valence-electron chi connectivity index (χ3n) is 3.97. The molecule has 0 aromatic heterocycles. The smallest absolute Gasteiger partial charge is 0.245 e. The number of alkyl halides is 1. The molecule has 3 rings (SSSR count). The summed E-state index contributed by atoms with van der Waals surface area (Å²) < 4.78 is -1.06. The number of halogens is 3. The van der Waals surface area contributed by atoms with E-state index in [1.807, 2.05) is 22.6 Å².